The SMILES string of the molecule is COC(=O)/C=C/NCc1ccc(C)o1. The molecule has 0 bridgehead atoms. The number of esters is 1. The summed E-state index contributed by atoms with van der Waals surface area (Å²) >= 11 is 0. The van der Waals surface area contributed by atoms with E-state index in [-0.39, 0.29) is 5.97 Å². The largest absolute Gasteiger partial charge is 0.466 e. The number of methoxy groups -OCH3 is 1. The van der Waals surface area contributed by atoms with E-state index >= 15 is 0 Å². The Hall–Kier alpha value is -1.71. The van der Waals surface area contributed by atoms with Crippen LogP contribution in [0.2, 0.25) is 0 Å². The molecule has 1 aromatic rings. The predicted octanol–water partition coefficient (Wildman–Crippen LogP) is 1.36. The molecule has 0 fully saturated rings. The Bertz CT molecular complexity index is 328. The van der Waals surface area contributed by atoms with Gasteiger partial charge in [-0.1, -0.05) is 0 Å². The minimum atomic E-state index is -0.381. The number of carbonyl (C=O) groups excluding carboxylic acids is 1. The van der Waals surface area contributed by atoms with E-state index in [9.17, 15) is 4.79 Å². The first-order valence-electron chi connectivity index (χ1n) is 4.25. The molecule has 1 rings (SSSR count). The third-order valence-electron chi connectivity index (χ3n) is 1.61. The lowest BCUT2D eigenvalue weighted by Gasteiger charge is -1.96. The fourth-order valence-electron chi connectivity index (χ4n) is 0.935. The summed E-state index contributed by atoms with van der Waals surface area (Å²) in [4.78, 5) is 10.7. The molecule has 1 heterocycles. The van der Waals surface area contributed by atoms with Crippen molar-refractivity contribution < 1.29 is 13.9 Å². The number of nitrogens with one attached hydrogen (secondary N) is 1. The number of rotatable bonds is 4. The molecule has 76 valence electrons. The zero-order chi connectivity index (χ0) is 10.4. The van der Waals surface area contributed by atoms with Gasteiger partial charge in [-0.3, -0.25) is 0 Å². The molecular weight excluding hydrogens is 182 g/mol. The minimum absolute atomic E-state index is 0.381. The van der Waals surface area contributed by atoms with Crippen molar-refractivity contribution in [3.05, 3.63) is 35.9 Å². The van der Waals surface area contributed by atoms with Crippen LogP contribution in [0.1, 0.15) is 11.5 Å². The summed E-state index contributed by atoms with van der Waals surface area (Å²) in [5.41, 5.74) is 0. The van der Waals surface area contributed by atoms with Crippen molar-refractivity contribution >= 4 is 5.97 Å². The van der Waals surface area contributed by atoms with Crippen molar-refractivity contribution in [1.82, 2.24) is 5.32 Å². The number of aryl methyl sites for hydroxylation is 1. The highest BCUT2D eigenvalue weighted by molar-refractivity contribution is 5.81. The van der Waals surface area contributed by atoms with E-state index in [1.54, 1.807) is 0 Å². The third-order valence-corrected chi connectivity index (χ3v) is 1.61. The minimum Gasteiger partial charge on any atom is -0.466 e. The summed E-state index contributed by atoms with van der Waals surface area (Å²) in [5, 5.41) is 2.91. The quantitative estimate of drug-likeness (QED) is 0.582. The van der Waals surface area contributed by atoms with Gasteiger partial charge >= 0.3 is 5.97 Å². The lowest BCUT2D eigenvalue weighted by Crippen LogP contribution is -2.05. The standard InChI is InChI=1S/C10H13NO3/c1-8-3-4-9(14-8)7-11-6-5-10(12)13-2/h3-6,11H,7H2,1-2H3/b6-5+. The Balaban J connectivity index is 2.28. The van der Waals surface area contributed by atoms with Crippen molar-refractivity contribution in [2.24, 2.45) is 0 Å². The van der Waals surface area contributed by atoms with E-state index in [4.69, 9.17) is 4.42 Å². The first-order valence-corrected chi connectivity index (χ1v) is 4.25. The molecule has 14 heavy (non-hydrogen) atoms. The average molecular weight is 195 g/mol. The van der Waals surface area contributed by atoms with E-state index < -0.39 is 0 Å². The van der Waals surface area contributed by atoms with Crippen LogP contribution in [0.5, 0.6) is 0 Å². The molecule has 0 amide bonds. The molecule has 0 aromatic carbocycles. The van der Waals surface area contributed by atoms with Gasteiger partial charge in [0, 0.05) is 12.3 Å². The van der Waals surface area contributed by atoms with Crippen molar-refractivity contribution in [3.8, 4) is 0 Å². The summed E-state index contributed by atoms with van der Waals surface area (Å²) in [5.74, 6) is 1.32. The van der Waals surface area contributed by atoms with Crippen LogP contribution >= 0.6 is 0 Å². The Kier molecular flexibility index (Phi) is 3.79. The normalized spacial score (nSPS) is 10.4. The van der Waals surface area contributed by atoms with E-state index in [0.29, 0.717) is 6.54 Å². The van der Waals surface area contributed by atoms with Gasteiger partial charge in [-0.25, -0.2) is 4.79 Å². The summed E-state index contributed by atoms with van der Waals surface area (Å²) in [6, 6.07) is 3.77. The lowest BCUT2D eigenvalue weighted by molar-refractivity contribution is -0.134. The van der Waals surface area contributed by atoms with Crippen LogP contribution in [-0.4, -0.2) is 13.1 Å². The molecule has 0 aliphatic rings. The summed E-state index contributed by atoms with van der Waals surface area (Å²) in [6.07, 6.45) is 2.85. The molecule has 0 aliphatic carbocycles. The fraction of sp³-hybridized carbons (Fsp3) is 0.300. The van der Waals surface area contributed by atoms with Crippen molar-refractivity contribution in [3.63, 3.8) is 0 Å². The van der Waals surface area contributed by atoms with Gasteiger partial charge in [0.25, 0.3) is 0 Å². The molecule has 4 heteroatoms. The number of ether oxygens (including phenoxy) is 1. The van der Waals surface area contributed by atoms with E-state index in [2.05, 4.69) is 10.1 Å². The number of carbonyl (C=O) groups is 1. The molecule has 0 saturated heterocycles. The first kappa shape index (κ1) is 10.4. The second-order valence-corrected chi connectivity index (χ2v) is 2.75. The van der Waals surface area contributed by atoms with Crippen LogP contribution in [0.4, 0.5) is 0 Å². The Morgan fingerprint density at radius 3 is 3.00 bits per heavy atom. The molecule has 0 radical (unpaired) electrons. The summed E-state index contributed by atoms with van der Waals surface area (Å²) < 4.78 is 9.72. The molecule has 0 aliphatic heterocycles. The van der Waals surface area contributed by atoms with Gasteiger partial charge in [0.1, 0.15) is 11.5 Å². The van der Waals surface area contributed by atoms with Gasteiger partial charge in [0.15, 0.2) is 0 Å². The third kappa shape index (κ3) is 3.35. The highest BCUT2D eigenvalue weighted by Gasteiger charge is 1.95. The van der Waals surface area contributed by atoms with Crippen molar-refractivity contribution in [2.45, 2.75) is 13.5 Å². The van der Waals surface area contributed by atoms with Crippen LogP contribution in [0.25, 0.3) is 0 Å². The topological polar surface area (TPSA) is 51.5 Å². The number of hydrogen-bond acceptors (Lipinski definition) is 4. The van der Waals surface area contributed by atoms with Crippen molar-refractivity contribution in [2.75, 3.05) is 7.11 Å². The maximum absolute atomic E-state index is 10.7. The summed E-state index contributed by atoms with van der Waals surface area (Å²) in [7, 11) is 1.34. The average Bonchev–Trinajstić information content (AvgIpc) is 2.58. The second-order valence-electron chi connectivity index (χ2n) is 2.75. The zero-order valence-corrected chi connectivity index (χ0v) is 8.24. The van der Waals surface area contributed by atoms with Gasteiger partial charge in [-0.05, 0) is 19.1 Å². The molecular formula is C10H13NO3. The van der Waals surface area contributed by atoms with Gasteiger partial charge in [0.2, 0.25) is 0 Å². The lowest BCUT2D eigenvalue weighted by atomic mass is 10.4. The molecule has 0 atom stereocenters. The number of hydrogen-bond donors (Lipinski definition) is 1. The molecule has 0 saturated carbocycles. The van der Waals surface area contributed by atoms with E-state index in [1.807, 2.05) is 19.1 Å². The maximum Gasteiger partial charge on any atom is 0.331 e. The van der Waals surface area contributed by atoms with Gasteiger partial charge < -0.3 is 14.5 Å². The van der Waals surface area contributed by atoms with Crippen molar-refractivity contribution in [1.29, 1.82) is 0 Å². The zero-order valence-electron chi connectivity index (χ0n) is 8.24. The smallest absolute Gasteiger partial charge is 0.331 e. The van der Waals surface area contributed by atoms with Gasteiger partial charge in [0.05, 0.1) is 13.7 Å². The molecule has 4 nitrogen and oxygen atoms in total. The molecule has 1 aromatic heterocycles. The molecule has 0 unspecified atom stereocenters. The maximum atomic E-state index is 10.7. The highest BCUT2D eigenvalue weighted by Crippen LogP contribution is 2.04. The van der Waals surface area contributed by atoms with Gasteiger partial charge in [-0.15, -0.1) is 0 Å². The molecule has 0 spiro atoms. The Morgan fingerprint density at radius 1 is 1.64 bits per heavy atom. The molecule has 1 N–H and O–H groups in total. The van der Waals surface area contributed by atoms with E-state index in [0.717, 1.165) is 11.5 Å². The highest BCUT2D eigenvalue weighted by atomic mass is 16.5. The Morgan fingerprint density at radius 2 is 2.43 bits per heavy atom. The number of furan rings is 1. The fourth-order valence-corrected chi connectivity index (χ4v) is 0.935. The van der Waals surface area contributed by atoms with Crippen LogP contribution < -0.4 is 5.32 Å². The Labute approximate surface area is 82.6 Å². The first-order chi connectivity index (χ1) is 6.72. The van der Waals surface area contributed by atoms with E-state index in [1.165, 1.54) is 19.4 Å². The van der Waals surface area contributed by atoms with Crippen LogP contribution in [0.3, 0.4) is 0 Å². The van der Waals surface area contributed by atoms with Gasteiger partial charge in [-0.2, -0.15) is 0 Å². The van der Waals surface area contributed by atoms with Crippen LogP contribution in [-0.2, 0) is 16.1 Å². The van der Waals surface area contributed by atoms with Crippen LogP contribution in [0, 0.1) is 6.92 Å². The second kappa shape index (κ2) is 5.11. The predicted molar refractivity (Wildman–Crippen MR) is 51.4 cm³/mol. The monoisotopic (exact) mass is 195 g/mol. The summed E-state index contributed by atoms with van der Waals surface area (Å²) in [6.45, 7) is 2.44. The van der Waals surface area contributed by atoms with Crippen LogP contribution in [0.15, 0.2) is 28.8 Å².